The van der Waals surface area contributed by atoms with Gasteiger partial charge < -0.3 is 10.2 Å². The predicted octanol–water partition coefficient (Wildman–Crippen LogP) is 8.05. The number of fused-ring (bicyclic) bond motifs is 1. The number of para-hydroxylation sites is 1. The van der Waals surface area contributed by atoms with Crippen molar-refractivity contribution in [2.24, 2.45) is 17.8 Å². The molecule has 6 nitrogen and oxygen atoms in total. The van der Waals surface area contributed by atoms with Crippen LogP contribution in [-0.4, -0.2) is 32.6 Å². The number of halogens is 1. The van der Waals surface area contributed by atoms with Gasteiger partial charge in [-0.2, -0.15) is 0 Å². The Balaban J connectivity index is 1.41. The summed E-state index contributed by atoms with van der Waals surface area (Å²) in [6, 6.07) is 14.5. The summed E-state index contributed by atoms with van der Waals surface area (Å²) in [4.78, 5) is 35.5. The number of unbranched alkanes of at least 4 members (excludes halogenated alkanes) is 3. The van der Waals surface area contributed by atoms with Crippen LogP contribution >= 0.6 is 11.6 Å². The molecule has 0 aliphatic heterocycles. The van der Waals surface area contributed by atoms with Gasteiger partial charge in [0.15, 0.2) is 0 Å². The Morgan fingerprint density at radius 2 is 1.73 bits per heavy atom. The maximum absolute atomic E-state index is 14.4. The van der Waals surface area contributed by atoms with E-state index < -0.39 is 0 Å². The number of nitrogens with one attached hydrogen (secondary N) is 1. The van der Waals surface area contributed by atoms with E-state index in [-0.39, 0.29) is 23.2 Å². The van der Waals surface area contributed by atoms with Crippen molar-refractivity contribution in [3.05, 3.63) is 69.7 Å². The summed E-state index contributed by atoms with van der Waals surface area (Å²) in [7, 11) is 0. The molecule has 1 heterocycles. The van der Waals surface area contributed by atoms with Gasteiger partial charge in [0.2, 0.25) is 0 Å². The van der Waals surface area contributed by atoms with Gasteiger partial charge >= 0.3 is 6.03 Å². The molecular formula is C34H43ClN4O2. The van der Waals surface area contributed by atoms with Crippen LogP contribution in [0.1, 0.15) is 96.3 Å². The van der Waals surface area contributed by atoms with Gasteiger partial charge in [-0.15, -0.1) is 0 Å². The van der Waals surface area contributed by atoms with E-state index in [4.69, 9.17) is 16.6 Å². The molecule has 218 valence electrons. The summed E-state index contributed by atoms with van der Waals surface area (Å²) in [5, 5.41) is 4.73. The summed E-state index contributed by atoms with van der Waals surface area (Å²) in [6.45, 7) is 4.93. The predicted molar refractivity (Wildman–Crippen MR) is 166 cm³/mol. The zero-order chi connectivity index (χ0) is 28.6. The van der Waals surface area contributed by atoms with Gasteiger partial charge in [0.05, 0.1) is 22.6 Å². The summed E-state index contributed by atoms with van der Waals surface area (Å²) < 4.78 is 1.68. The molecule has 3 aromatic rings. The maximum Gasteiger partial charge on any atom is 0.318 e. The lowest BCUT2D eigenvalue weighted by Crippen LogP contribution is -2.62. The fourth-order valence-electron chi connectivity index (χ4n) is 8.45. The van der Waals surface area contributed by atoms with Crippen molar-refractivity contribution in [2.75, 3.05) is 6.54 Å². The van der Waals surface area contributed by atoms with Crippen molar-refractivity contribution in [1.82, 2.24) is 19.8 Å². The van der Waals surface area contributed by atoms with E-state index in [9.17, 15) is 9.59 Å². The van der Waals surface area contributed by atoms with E-state index in [0.29, 0.717) is 40.4 Å². The summed E-state index contributed by atoms with van der Waals surface area (Å²) in [6.07, 6.45) is 12.2. The second-order valence-corrected chi connectivity index (χ2v) is 13.4. The lowest BCUT2D eigenvalue weighted by Gasteiger charge is -2.57. The highest BCUT2D eigenvalue weighted by atomic mass is 35.5. The molecule has 7 heteroatoms. The van der Waals surface area contributed by atoms with Crippen LogP contribution in [0, 0.1) is 17.8 Å². The molecule has 4 aliphatic rings. The fourth-order valence-corrected chi connectivity index (χ4v) is 8.64. The highest BCUT2D eigenvalue weighted by Gasteiger charge is 2.52. The minimum absolute atomic E-state index is 0.00431. The number of carbonyl (C=O) groups is 1. The largest absolute Gasteiger partial charge is 0.333 e. The molecule has 2 amide bonds. The lowest BCUT2D eigenvalue weighted by atomic mass is 9.53. The van der Waals surface area contributed by atoms with Gasteiger partial charge in [0.1, 0.15) is 5.82 Å². The topological polar surface area (TPSA) is 67.2 Å². The third-order valence-corrected chi connectivity index (χ3v) is 10.1. The lowest BCUT2D eigenvalue weighted by molar-refractivity contribution is -0.0166. The maximum atomic E-state index is 14.4. The Morgan fingerprint density at radius 1 is 1.02 bits per heavy atom. The molecule has 0 radical (unpaired) electrons. The monoisotopic (exact) mass is 574 g/mol. The van der Waals surface area contributed by atoms with Crippen molar-refractivity contribution in [3.63, 3.8) is 0 Å². The quantitative estimate of drug-likeness (QED) is 0.249. The van der Waals surface area contributed by atoms with Crippen molar-refractivity contribution in [1.29, 1.82) is 0 Å². The molecule has 1 N–H and O–H groups in total. The zero-order valence-electron chi connectivity index (χ0n) is 24.4. The first-order valence-electron chi connectivity index (χ1n) is 15.8. The van der Waals surface area contributed by atoms with Crippen molar-refractivity contribution in [2.45, 2.75) is 96.1 Å². The molecule has 2 aromatic carbocycles. The number of hydrogen-bond acceptors (Lipinski definition) is 3. The number of carbonyl (C=O) groups excluding carboxylic acids is 1. The van der Waals surface area contributed by atoms with Crippen molar-refractivity contribution >= 4 is 28.5 Å². The molecule has 1 atom stereocenters. The summed E-state index contributed by atoms with van der Waals surface area (Å²) >= 11 is 6.40. The third-order valence-electron chi connectivity index (χ3n) is 9.85. The first kappa shape index (κ1) is 28.3. The molecular weight excluding hydrogens is 532 g/mol. The van der Waals surface area contributed by atoms with Crippen LogP contribution in [0.5, 0.6) is 0 Å². The third kappa shape index (κ3) is 5.64. The smallest absolute Gasteiger partial charge is 0.318 e. The number of amides is 2. The molecule has 0 spiro atoms. The second kappa shape index (κ2) is 11.8. The van der Waals surface area contributed by atoms with Crippen LogP contribution < -0.4 is 10.9 Å². The average molecular weight is 575 g/mol. The van der Waals surface area contributed by atoms with E-state index in [0.717, 1.165) is 62.7 Å². The van der Waals surface area contributed by atoms with E-state index >= 15 is 0 Å². The van der Waals surface area contributed by atoms with Gasteiger partial charge in [-0.1, -0.05) is 62.9 Å². The molecule has 4 saturated carbocycles. The van der Waals surface area contributed by atoms with Gasteiger partial charge in [-0.3, -0.25) is 9.36 Å². The number of rotatable bonds is 10. The van der Waals surface area contributed by atoms with E-state index in [1.165, 1.54) is 19.3 Å². The molecule has 4 aliphatic carbocycles. The normalized spacial score (nSPS) is 25.4. The standard InChI is InChI=1S/C34H43ClN4O2/c1-3-5-6-9-15-38(33(41)37-34-20-23-16-24(21-34)18-25(17-23)22-34)30(4-2)31-36-29-14-8-7-13-28(29)32(40)39(31)27-12-10-11-26(35)19-27/h7-8,10-14,19,23-25,30H,3-6,9,15-18,20-22H2,1-2H3,(H,37,41). The number of hydrogen-bond donors (Lipinski definition) is 1. The minimum Gasteiger partial charge on any atom is -0.333 e. The van der Waals surface area contributed by atoms with Crippen LogP contribution in [0.4, 0.5) is 4.79 Å². The Hall–Kier alpha value is -2.86. The van der Waals surface area contributed by atoms with Crippen LogP contribution in [0.2, 0.25) is 5.02 Å². The SMILES string of the molecule is CCCCCCN(C(=O)NC12CC3CC(CC(C3)C1)C2)C(CC)c1nc2ccccc2c(=O)n1-c1cccc(Cl)c1. The number of nitrogens with zero attached hydrogens (tertiary/aromatic N) is 3. The van der Waals surface area contributed by atoms with Gasteiger partial charge in [0.25, 0.3) is 5.56 Å². The molecule has 4 fully saturated rings. The van der Waals surface area contributed by atoms with E-state index in [1.807, 2.05) is 41.3 Å². The minimum atomic E-state index is -0.359. The molecule has 7 rings (SSSR count). The highest BCUT2D eigenvalue weighted by molar-refractivity contribution is 6.30. The molecule has 0 saturated heterocycles. The highest BCUT2D eigenvalue weighted by Crippen LogP contribution is 2.55. The first-order valence-corrected chi connectivity index (χ1v) is 16.1. The van der Waals surface area contributed by atoms with Crippen LogP contribution in [0.25, 0.3) is 16.6 Å². The van der Waals surface area contributed by atoms with Crippen LogP contribution in [-0.2, 0) is 0 Å². The van der Waals surface area contributed by atoms with Crippen molar-refractivity contribution in [3.8, 4) is 5.69 Å². The van der Waals surface area contributed by atoms with Crippen LogP contribution in [0.15, 0.2) is 53.3 Å². The van der Waals surface area contributed by atoms with Crippen LogP contribution in [0.3, 0.4) is 0 Å². The number of benzene rings is 2. The van der Waals surface area contributed by atoms with Gasteiger partial charge in [-0.05, 0) is 99.5 Å². The summed E-state index contributed by atoms with van der Waals surface area (Å²) in [5.74, 6) is 2.83. The fraction of sp³-hybridized carbons (Fsp3) is 0.559. The second-order valence-electron chi connectivity index (χ2n) is 12.9. The van der Waals surface area contributed by atoms with Gasteiger partial charge in [-0.25, -0.2) is 9.78 Å². The molecule has 41 heavy (non-hydrogen) atoms. The number of urea groups is 1. The van der Waals surface area contributed by atoms with Crippen molar-refractivity contribution < 1.29 is 4.79 Å². The average Bonchev–Trinajstić information content (AvgIpc) is 2.94. The van der Waals surface area contributed by atoms with E-state index in [1.54, 1.807) is 16.7 Å². The Morgan fingerprint density at radius 3 is 2.39 bits per heavy atom. The summed E-state index contributed by atoms with van der Waals surface area (Å²) in [5.41, 5.74) is 1.09. The number of aromatic nitrogens is 2. The Bertz CT molecular complexity index is 1430. The zero-order valence-corrected chi connectivity index (χ0v) is 25.2. The molecule has 1 aromatic heterocycles. The molecule has 1 unspecified atom stereocenters. The first-order chi connectivity index (χ1) is 19.9. The Labute approximate surface area is 248 Å². The Kier molecular flexibility index (Phi) is 8.13. The van der Waals surface area contributed by atoms with Gasteiger partial charge in [0, 0.05) is 17.1 Å². The van der Waals surface area contributed by atoms with E-state index in [2.05, 4.69) is 19.2 Å². The molecule has 4 bridgehead atoms.